The van der Waals surface area contributed by atoms with Crippen molar-refractivity contribution in [2.45, 2.75) is 13.0 Å². The van der Waals surface area contributed by atoms with Crippen molar-refractivity contribution >= 4 is 15.9 Å². The molecule has 0 amide bonds. The van der Waals surface area contributed by atoms with Crippen molar-refractivity contribution in [3.63, 3.8) is 0 Å². The predicted octanol–water partition coefficient (Wildman–Crippen LogP) is 4.59. The Morgan fingerprint density at radius 3 is 2.44 bits per heavy atom. The van der Waals surface area contributed by atoms with E-state index in [2.05, 4.69) is 35.0 Å². The molecule has 0 saturated carbocycles. The molecule has 0 saturated heterocycles. The maximum absolute atomic E-state index is 5.85. The van der Waals surface area contributed by atoms with Gasteiger partial charge in [0.25, 0.3) is 0 Å². The molecule has 0 aliphatic rings. The molecule has 16 heavy (non-hydrogen) atoms. The van der Waals surface area contributed by atoms with Crippen LogP contribution < -0.4 is 4.74 Å². The lowest BCUT2D eigenvalue weighted by Gasteiger charge is -2.15. The Morgan fingerprint density at radius 2 is 1.75 bits per heavy atom. The number of benzene rings is 2. The highest BCUT2D eigenvalue weighted by molar-refractivity contribution is 9.10. The topological polar surface area (TPSA) is 9.23 Å². The molecule has 0 aliphatic heterocycles. The summed E-state index contributed by atoms with van der Waals surface area (Å²) in [5.74, 6) is 0.880. The van der Waals surface area contributed by atoms with Gasteiger partial charge in [0.15, 0.2) is 0 Å². The largest absolute Gasteiger partial charge is 0.486 e. The van der Waals surface area contributed by atoms with Crippen molar-refractivity contribution in [3.05, 3.63) is 64.6 Å². The summed E-state index contributed by atoms with van der Waals surface area (Å²) < 4.78 is 6.88. The Morgan fingerprint density at radius 1 is 1.00 bits per heavy atom. The van der Waals surface area contributed by atoms with Gasteiger partial charge in [0, 0.05) is 4.47 Å². The van der Waals surface area contributed by atoms with Gasteiger partial charge in [-0.25, -0.2) is 0 Å². The molecule has 0 unspecified atom stereocenters. The van der Waals surface area contributed by atoms with E-state index in [1.165, 1.54) is 5.56 Å². The van der Waals surface area contributed by atoms with Gasteiger partial charge in [-0.3, -0.25) is 0 Å². The lowest BCUT2D eigenvalue weighted by atomic mass is 10.1. The fourth-order valence-electron chi connectivity index (χ4n) is 1.54. The Labute approximate surface area is 104 Å². The molecule has 2 heteroatoms. The van der Waals surface area contributed by atoms with Gasteiger partial charge < -0.3 is 4.74 Å². The monoisotopic (exact) mass is 276 g/mol. The van der Waals surface area contributed by atoms with Gasteiger partial charge in [0.2, 0.25) is 0 Å². The molecule has 2 rings (SSSR count). The van der Waals surface area contributed by atoms with E-state index in [0.717, 1.165) is 10.2 Å². The summed E-state index contributed by atoms with van der Waals surface area (Å²) in [5, 5.41) is 0. The van der Waals surface area contributed by atoms with E-state index in [-0.39, 0.29) is 6.10 Å². The van der Waals surface area contributed by atoms with Crippen LogP contribution in [0.1, 0.15) is 18.6 Å². The minimum absolute atomic E-state index is 0.0653. The zero-order valence-corrected chi connectivity index (χ0v) is 10.6. The molecule has 0 bridgehead atoms. The van der Waals surface area contributed by atoms with Crippen molar-refractivity contribution < 1.29 is 4.74 Å². The summed E-state index contributed by atoms with van der Waals surface area (Å²) in [6, 6.07) is 18.1. The summed E-state index contributed by atoms with van der Waals surface area (Å²) >= 11 is 3.43. The van der Waals surface area contributed by atoms with Crippen LogP contribution in [0.5, 0.6) is 5.75 Å². The summed E-state index contributed by atoms with van der Waals surface area (Å²) in [5.41, 5.74) is 1.18. The van der Waals surface area contributed by atoms with Gasteiger partial charge in [-0.05, 0) is 30.7 Å². The second-order valence-corrected chi connectivity index (χ2v) is 4.54. The average Bonchev–Trinajstić information content (AvgIpc) is 2.30. The smallest absolute Gasteiger partial charge is 0.121 e. The Bertz CT molecular complexity index is 453. The lowest BCUT2D eigenvalue weighted by Crippen LogP contribution is -2.02. The standard InChI is InChI=1S/C14H13BrO/c1-11(12-6-3-2-4-7-12)16-14-9-5-8-13(15)10-14/h2-11H,1H3/t11-/m0/s1. The lowest BCUT2D eigenvalue weighted by molar-refractivity contribution is 0.227. The first-order valence-corrected chi connectivity index (χ1v) is 6.02. The van der Waals surface area contributed by atoms with Gasteiger partial charge in [-0.15, -0.1) is 0 Å². The van der Waals surface area contributed by atoms with E-state index in [1.54, 1.807) is 0 Å². The highest BCUT2D eigenvalue weighted by Crippen LogP contribution is 2.24. The zero-order chi connectivity index (χ0) is 11.4. The van der Waals surface area contributed by atoms with Gasteiger partial charge in [-0.2, -0.15) is 0 Å². The van der Waals surface area contributed by atoms with Crippen LogP contribution in [0.15, 0.2) is 59.1 Å². The van der Waals surface area contributed by atoms with E-state index < -0.39 is 0 Å². The molecular weight excluding hydrogens is 264 g/mol. The number of hydrogen-bond donors (Lipinski definition) is 0. The number of ether oxygens (including phenoxy) is 1. The first-order valence-electron chi connectivity index (χ1n) is 5.23. The van der Waals surface area contributed by atoms with E-state index in [1.807, 2.05) is 42.5 Å². The van der Waals surface area contributed by atoms with E-state index in [0.29, 0.717) is 0 Å². The van der Waals surface area contributed by atoms with Crippen LogP contribution in [0.3, 0.4) is 0 Å². The third-order valence-corrected chi connectivity index (χ3v) is 2.87. The number of rotatable bonds is 3. The van der Waals surface area contributed by atoms with Crippen molar-refractivity contribution in [1.29, 1.82) is 0 Å². The van der Waals surface area contributed by atoms with E-state index in [9.17, 15) is 0 Å². The second-order valence-electron chi connectivity index (χ2n) is 3.63. The molecule has 82 valence electrons. The molecule has 1 nitrogen and oxygen atoms in total. The molecule has 0 heterocycles. The predicted molar refractivity (Wildman–Crippen MR) is 69.6 cm³/mol. The van der Waals surface area contributed by atoms with E-state index >= 15 is 0 Å². The first-order chi connectivity index (χ1) is 7.75. The van der Waals surface area contributed by atoms with Crippen molar-refractivity contribution in [3.8, 4) is 5.75 Å². The number of hydrogen-bond acceptors (Lipinski definition) is 1. The zero-order valence-electron chi connectivity index (χ0n) is 9.06. The molecule has 0 fully saturated rings. The van der Waals surface area contributed by atoms with Crippen molar-refractivity contribution in [2.75, 3.05) is 0 Å². The normalized spacial score (nSPS) is 12.1. The van der Waals surface area contributed by atoms with Crippen LogP contribution >= 0.6 is 15.9 Å². The van der Waals surface area contributed by atoms with Crippen LogP contribution in [-0.4, -0.2) is 0 Å². The molecule has 0 aromatic heterocycles. The molecule has 1 atom stereocenters. The highest BCUT2D eigenvalue weighted by atomic mass is 79.9. The first kappa shape index (κ1) is 11.2. The van der Waals surface area contributed by atoms with Crippen LogP contribution in [0.25, 0.3) is 0 Å². The van der Waals surface area contributed by atoms with Gasteiger partial charge in [-0.1, -0.05) is 52.3 Å². The molecule has 2 aromatic rings. The summed E-state index contributed by atoms with van der Waals surface area (Å²) in [6.45, 7) is 2.05. The van der Waals surface area contributed by atoms with Gasteiger partial charge in [0.05, 0.1) is 0 Å². The Balaban J connectivity index is 2.11. The maximum Gasteiger partial charge on any atom is 0.121 e. The van der Waals surface area contributed by atoms with Gasteiger partial charge in [0.1, 0.15) is 11.9 Å². The second kappa shape index (κ2) is 5.17. The fourth-order valence-corrected chi connectivity index (χ4v) is 1.91. The van der Waals surface area contributed by atoms with Crippen molar-refractivity contribution in [2.24, 2.45) is 0 Å². The fraction of sp³-hybridized carbons (Fsp3) is 0.143. The molecule has 0 N–H and O–H groups in total. The average molecular weight is 277 g/mol. The summed E-state index contributed by atoms with van der Waals surface area (Å²) in [4.78, 5) is 0. The third kappa shape index (κ3) is 2.86. The summed E-state index contributed by atoms with van der Waals surface area (Å²) in [6.07, 6.45) is 0.0653. The van der Waals surface area contributed by atoms with Crippen LogP contribution in [0.4, 0.5) is 0 Å². The minimum Gasteiger partial charge on any atom is -0.486 e. The molecular formula is C14H13BrO. The quantitative estimate of drug-likeness (QED) is 0.797. The van der Waals surface area contributed by atoms with Gasteiger partial charge >= 0.3 is 0 Å². The molecule has 0 aliphatic carbocycles. The van der Waals surface area contributed by atoms with Crippen LogP contribution in [0, 0.1) is 0 Å². The van der Waals surface area contributed by atoms with Crippen molar-refractivity contribution in [1.82, 2.24) is 0 Å². The maximum atomic E-state index is 5.85. The molecule has 0 radical (unpaired) electrons. The van der Waals surface area contributed by atoms with E-state index in [4.69, 9.17) is 4.74 Å². The minimum atomic E-state index is 0.0653. The highest BCUT2D eigenvalue weighted by Gasteiger charge is 2.06. The Kier molecular flexibility index (Phi) is 3.62. The third-order valence-electron chi connectivity index (χ3n) is 2.38. The molecule has 0 spiro atoms. The summed E-state index contributed by atoms with van der Waals surface area (Å²) in [7, 11) is 0. The SMILES string of the molecule is C[C@H](Oc1cccc(Br)c1)c1ccccc1. The van der Waals surface area contributed by atoms with Crippen LogP contribution in [0.2, 0.25) is 0 Å². The number of halogens is 1. The molecule has 2 aromatic carbocycles. The Hall–Kier alpha value is -1.28. The van der Waals surface area contributed by atoms with Crippen LogP contribution in [-0.2, 0) is 0 Å².